The van der Waals surface area contributed by atoms with Gasteiger partial charge in [0.15, 0.2) is 0 Å². The second kappa shape index (κ2) is 3.25. The Hall–Kier alpha value is -0.870. The van der Waals surface area contributed by atoms with Gasteiger partial charge in [-0.25, -0.2) is 0 Å². The Morgan fingerprint density at radius 1 is 1.83 bits per heavy atom. The lowest BCUT2D eigenvalue weighted by molar-refractivity contribution is -0.122. The first-order valence-corrected chi connectivity index (χ1v) is 4.45. The fourth-order valence-corrected chi connectivity index (χ4v) is 1.80. The van der Waals surface area contributed by atoms with Gasteiger partial charge in [0.2, 0.25) is 5.91 Å². The van der Waals surface area contributed by atoms with Gasteiger partial charge in [-0.1, -0.05) is 6.07 Å². The molecular formula is C8H11NO2S. The molecule has 0 aromatic carbocycles. The molecule has 0 aliphatic rings. The largest absolute Gasteiger partial charge is 0.384 e. The normalized spacial score (nSPS) is 15.5. The molecule has 0 fully saturated rings. The van der Waals surface area contributed by atoms with E-state index in [9.17, 15) is 9.90 Å². The molecule has 1 heterocycles. The maximum absolute atomic E-state index is 10.6. The summed E-state index contributed by atoms with van der Waals surface area (Å²) in [5.41, 5.74) is 3.88. The predicted octanol–water partition coefficient (Wildman–Crippen LogP) is 0.831. The summed E-state index contributed by atoms with van der Waals surface area (Å²) in [7, 11) is 0. The second-order valence-electron chi connectivity index (χ2n) is 2.89. The minimum Gasteiger partial charge on any atom is -0.384 e. The fourth-order valence-electron chi connectivity index (χ4n) is 1.01. The van der Waals surface area contributed by atoms with E-state index in [0.29, 0.717) is 0 Å². The molecule has 3 nitrogen and oxygen atoms in total. The number of hydrogen-bond acceptors (Lipinski definition) is 3. The Kier molecular flexibility index (Phi) is 2.49. The van der Waals surface area contributed by atoms with Crippen LogP contribution in [0.3, 0.4) is 0 Å². The molecule has 1 atom stereocenters. The van der Waals surface area contributed by atoms with Crippen molar-refractivity contribution in [1.82, 2.24) is 0 Å². The van der Waals surface area contributed by atoms with Crippen molar-refractivity contribution in [2.24, 2.45) is 5.73 Å². The van der Waals surface area contributed by atoms with Crippen molar-refractivity contribution in [3.63, 3.8) is 0 Å². The summed E-state index contributed by atoms with van der Waals surface area (Å²) in [6, 6.07) is 3.61. The highest BCUT2D eigenvalue weighted by molar-refractivity contribution is 7.10. The molecule has 0 saturated heterocycles. The van der Waals surface area contributed by atoms with Crippen LogP contribution < -0.4 is 5.73 Å². The van der Waals surface area contributed by atoms with Crippen LogP contribution in [0.25, 0.3) is 0 Å². The Bertz CT molecular complexity index is 267. The van der Waals surface area contributed by atoms with Gasteiger partial charge < -0.3 is 10.8 Å². The van der Waals surface area contributed by atoms with Crippen molar-refractivity contribution in [3.8, 4) is 0 Å². The van der Waals surface area contributed by atoms with E-state index >= 15 is 0 Å². The lowest BCUT2D eigenvalue weighted by Crippen LogP contribution is -2.27. The van der Waals surface area contributed by atoms with Gasteiger partial charge in [0.1, 0.15) is 5.60 Å². The standard InChI is InChI=1S/C8H11NO2S/c1-8(11,5-7(9)10)6-3-2-4-12-6/h2-4,11H,5H2,1H3,(H2,9,10). The van der Waals surface area contributed by atoms with Gasteiger partial charge in [-0.05, 0) is 18.4 Å². The van der Waals surface area contributed by atoms with Crippen molar-refractivity contribution < 1.29 is 9.90 Å². The van der Waals surface area contributed by atoms with Crippen molar-refractivity contribution in [3.05, 3.63) is 22.4 Å². The molecule has 12 heavy (non-hydrogen) atoms. The van der Waals surface area contributed by atoms with E-state index in [2.05, 4.69) is 0 Å². The van der Waals surface area contributed by atoms with E-state index < -0.39 is 11.5 Å². The van der Waals surface area contributed by atoms with Crippen LogP contribution in [-0.2, 0) is 10.4 Å². The minimum absolute atomic E-state index is 0.0342. The first-order chi connectivity index (χ1) is 5.52. The van der Waals surface area contributed by atoms with E-state index in [1.807, 2.05) is 11.4 Å². The van der Waals surface area contributed by atoms with Gasteiger partial charge >= 0.3 is 0 Å². The maximum atomic E-state index is 10.6. The molecule has 1 aromatic heterocycles. The van der Waals surface area contributed by atoms with Crippen molar-refractivity contribution >= 4 is 17.2 Å². The van der Waals surface area contributed by atoms with Crippen LogP contribution in [0.4, 0.5) is 0 Å². The average Bonchev–Trinajstić information content (AvgIpc) is 2.32. The summed E-state index contributed by atoms with van der Waals surface area (Å²) >= 11 is 1.41. The van der Waals surface area contributed by atoms with Crippen LogP contribution in [0.2, 0.25) is 0 Å². The number of thiophene rings is 1. The summed E-state index contributed by atoms with van der Waals surface area (Å²) in [5, 5.41) is 11.6. The van der Waals surface area contributed by atoms with Crippen LogP contribution in [0.15, 0.2) is 17.5 Å². The number of aliphatic hydroxyl groups is 1. The highest BCUT2D eigenvalue weighted by Crippen LogP contribution is 2.27. The third-order valence-electron chi connectivity index (χ3n) is 1.57. The predicted molar refractivity (Wildman–Crippen MR) is 47.7 cm³/mol. The third kappa shape index (κ3) is 2.06. The molecule has 1 unspecified atom stereocenters. The van der Waals surface area contributed by atoms with Gasteiger partial charge in [0.25, 0.3) is 0 Å². The Morgan fingerprint density at radius 3 is 2.92 bits per heavy atom. The monoisotopic (exact) mass is 185 g/mol. The van der Waals surface area contributed by atoms with Gasteiger partial charge in [-0.15, -0.1) is 11.3 Å². The van der Waals surface area contributed by atoms with Gasteiger partial charge in [0.05, 0.1) is 6.42 Å². The lowest BCUT2D eigenvalue weighted by atomic mass is 10.0. The maximum Gasteiger partial charge on any atom is 0.220 e. The third-order valence-corrected chi connectivity index (χ3v) is 2.69. The molecule has 0 radical (unpaired) electrons. The highest BCUT2D eigenvalue weighted by Gasteiger charge is 2.26. The van der Waals surface area contributed by atoms with E-state index in [-0.39, 0.29) is 6.42 Å². The van der Waals surface area contributed by atoms with Crippen LogP contribution in [0.5, 0.6) is 0 Å². The van der Waals surface area contributed by atoms with E-state index in [1.54, 1.807) is 13.0 Å². The molecule has 4 heteroatoms. The van der Waals surface area contributed by atoms with Crippen LogP contribution in [0.1, 0.15) is 18.2 Å². The molecule has 1 rings (SSSR count). The first kappa shape index (κ1) is 9.22. The quantitative estimate of drug-likeness (QED) is 0.732. The molecule has 1 amide bonds. The minimum atomic E-state index is -1.11. The highest BCUT2D eigenvalue weighted by atomic mass is 32.1. The molecule has 0 aliphatic heterocycles. The molecular weight excluding hydrogens is 174 g/mol. The van der Waals surface area contributed by atoms with Crippen molar-refractivity contribution in [2.45, 2.75) is 18.9 Å². The van der Waals surface area contributed by atoms with Crippen LogP contribution in [0, 0.1) is 0 Å². The van der Waals surface area contributed by atoms with Crippen LogP contribution >= 0.6 is 11.3 Å². The number of primary amides is 1. The summed E-state index contributed by atoms with van der Waals surface area (Å²) in [5.74, 6) is -0.492. The number of hydrogen-bond donors (Lipinski definition) is 2. The Morgan fingerprint density at radius 2 is 2.50 bits per heavy atom. The average molecular weight is 185 g/mol. The zero-order valence-corrected chi connectivity index (χ0v) is 7.60. The zero-order valence-electron chi connectivity index (χ0n) is 6.78. The molecule has 0 spiro atoms. The van der Waals surface area contributed by atoms with Gasteiger partial charge in [-0.2, -0.15) is 0 Å². The van der Waals surface area contributed by atoms with Crippen LogP contribution in [-0.4, -0.2) is 11.0 Å². The summed E-state index contributed by atoms with van der Waals surface area (Å²) in [6.45, 7) is 1.59. The topological polar surface area (TPSA) is 63.3 Å². The number of carbonyl (C=O) groups excluding carboxylic acids is 1. The Balaban J connectivity index is 2.79. The number of rotatable bonds is 3. The van der Waals surface area contributed by atoms with E-state index in [1.165, 1.54) is 11.3 Å². The van der Waals surface area contributed by atoms with Crippen molar-refractivity contribution in [2.75, 3.05) is 0 Å². The zero-order chi connectivity index (χ0) is 9.19. The second-order valence-corrected chi connectivity index (χ2v) is 3.84. The molecule has 0 saturated carbocycles. The smallest absolute Gasteiger partial charge is 0.220 e. The van der Waals surface area contributed by atoms with Gasteiger partial charge in [0, 0.05) is 4.88 Å². The molecule has 3 N–H and O–H groups in total. The van der Waals surface area contributed by atoms with Crippen molar-refractivity contribution in [1.29, 1.82) is 0 Å². The fraction of sp³-hybridized carbons (Fsp3) is 0.375. The number of amides is 1. The van der Waals surface area contributed by atoms with E-state index in [4.69, 9.17) is 5.73 Å². The van der Waals surface area contributed by atoms with Gasteiger partial charge in [-0.3, -0.25) is 4.79 Å². The number of nitrogens with two attached hydrogens (primary N) is 1. The lowest BCUT2D eigenvalue weighted by Gasteiger charge is -2.19. The summed E-state index contributed by atoms with van der Waals surface area (Å²) in [4.78, 5) is 11.3. The molecule has 0 bridgehead atoms. The summed E-state index contributed by atoms with van der Waals surface area (Å²) in [6.07, 6.45) is -0.0342. The molecule has 66 valence electrons. The summed E-state index contributed by atoms with van der Waals surface area (Å²) < 4.78 is 0. The first-order valence-electron chi connectivity index (χ1n) is 3.57. The number of carbonyl (C=O) groups is 1. The molecule has 0 aliphatic carbocycles. The van der Waals surface area contributed by atoms with E-state index in [0.717, 1.165) is 4.88 Å². The SMILES string of the molecule is CC(O)(CC(N)=O)c1cccs1. The Labute approximate surface area is 74.8 Å². The molecule has 1 aromatic rings.